The van der Waals surface area contributed by atoms with Crippen LogP contribution in [-0.4, -0.2) is 6.54 Å². The number of furan rings is 1. The lowest BCUT2D eigenvalue weighted by Gasteiger charge is -2.18. The molecular weight excluding hydrogens is 278 g/mol. The minimum atomic E-state index is 0.118. The number of nitrogens with one attached hydrogen (secondary N) is 1. The zero-order valence-corrected chi connectivity index (χ0v) is 11.6. The zero-order valence-electron chi connectivity index (χ0n) is 10.0. The second-order valence-corrected chi connectivity index (χ2v) is 4.81. The van der Waals surface area contributed by atoms with Gasteiger partial charge in [-0.3, -0.25) is 0 Å². The number of hydrogen-bond acceptors (Lipinski definition) is 2. The molecule has 1 atom stereocenters. The van der Waals surface area contributed by atoms with Gasteiger partial charge in [0.1, 0.15) is 5.76 Å². The second-order valence-electron chi connectivity index (χ2n) is 3.96. The molecule has 1 heterocycles. The molecule has 2 aromatic rings. The summed E-state index contributed by atoms with van der Waals surface area (Å²) in [5, 5.41) is 3.45. The first-order chi connectivity index (χ1) is 8.24. The summed E-state index contributed by atoms with van der Waals surface area (Å²) in [6, 6.07) is 10.3. The molecule has 1 aromatic carbocycles. The quantitative estimate of drug-likeness (QED) is 0.920. The Bertz CT molecular complexity index is 479. The predicted molar refractivity (Wildman–Crippen MR) is 73.1 cm³/mol. The molecule has 3 heteroatoms. The third kappa shape index (κ3) is 2.61. The van der Waals surface area contributed by atoms with Crippen LogP contribution in [0.5, 0.6) is 0 Å². The van der Waals surface area contributed by atoms with Crippen LogP contribution in [0.3, 0.4) is 0 Å². The van der Waals surface area contributed by atoms with Crippen LogP contribution in [0.25, 0.3) is 0 Å². The van der Waals surface area contributed by atoms with E-state index in [1.54, 1.807) is 6.26 Å². The summed E-state index contributed by atoms with van der Waals surface area (Å²) in [5.41, 5.74) is 2.49. The summed E-state index contributed by atoms with van der Waals surface area (Å²) in [7, 11) is 0. The van der Waals surface area contributed by atoms with E-state index in [9.17, 15) is 0 Å². The number of benzene rings is 1. The van der Waals surface area contributed by atoms with Gasteiger partial charge in [0.15, 0.2) is 0 Å². The average molecular weight is 294 g/mol. The highest BCUT2D eigenvalue weighted by molar-refractivity contribution is 9.10. The van der Waals surface area contributed by atoms with Crippen LogP contribution >= 0.6 is 15.9 Å². The monoisotopic (exact) mass is 293 g/mol. The third-order valence-corrected chi connectivity index (χ3v) is 3.72. The highest BCUT2D eigenvalue weighted by atomic mass is 79.9. The molecule has 1 aromatic heterocycles. The van der Waals surface area contributed by atoms with Gasteiger partial charge >= 0.3 is 0 Å². The van der Waals surface area contributed by atoms with Crippen molar-refractivity contribution in [2.75, 3.05) is 6.54 Å². The molecule has 2 nitrogen and oxygen atoms in total. The fourth-order valence-electron chi connectivity index (χ4n) is 1.96. The Morgan fingerprint density at radius 3 is 2.76 bits per heavy atom. The van der Waals surface area contributed by atoms with Gasteiger partial charge < -0.3 is 9.73 Å². The Morgan fingerprint density at radius 1 is 1.29 bits per heavy atom. The summed E-state index contributed by atoms with van der Waals surface area (Å²) in [4.78, 5) is 0. The second kappa shape index (κ2) is 5.52. The normalized spacial score (nSPS) is 12.6. The van der Waals surface area contributed by atoms with E-state index < -0.39 is 0 Å². The molecular formula is C14H16BrNO. The molecule has 2 rings (SSSR count). The van der Waals surface area contributed by atoms with Crippen molar-refractivity contribution in [2.45, 2.75) is 19.9 Å². The van der Waals surface area contributed by atoms with Crippen LogP contribution in [0, 0.1) is 6.92 Å². The summed E-state index contributed by atoms with van der Waals surface area (Å²) in [6.07, 6.45) is 1.72. The molecule has 0 aliphatic carbocycles. The van der Waals surface area contributed by atoms with Crippen molar-refractivity contribution in [2.24, 2.45) is 0 Å². The van der Waals surface area contributed by atoms with Gasteiger partial charge in [-0.05, 0) is 42.8 Å². The van der Waals surface area contributed by atoms with Crippen molar-refractivity contribution < 1.29 is 4.42 Å². The summed E-state index contributed by atoms with van der Waals surface area (Å²) >= 11 is 3.57. The van der Waals surface area contributed by atoms with E-state index in [1.165, 1.54) is 11.1 Å². The van der Waals surface area contributed by atoms with Crippen LogP contribution in [0.1, 0.15) is 29.9 Å². The molecule has 0 aliphatic rings. The van der Waals surface area contributed by atoms with Crippen LogP contribution in [-0.2, 0) is 0 Å². The standard InChI is InChI=1S/C14H16BrNO/c1-3-16-14(13-8-5-9-17-13)11-6-4-7-12(15)10(11)2/h4-9,14,16H,3H2,1-2H3. The van der Waals surface area contributed by atoms with Crippen molar-refractivity contribution in [1.29, 1.82) is 0 Å². The predicted octanol–water partition coefficient (Wildman–Crippen LogP) is 4.05. The Morgan fingerprint density at radius 2 is 2.12 bits per heavy atom. The lowest BCUT2D eigenvalue weighted by molar-refractivity contribution is 0.451. The lowest BCUT2D eigenvalue weighted by Crippen LogP contribution is -2.22. The molecule has 1 N–H and O–H groups in total. The summed E-state index contributed by atoms with van der Waals surface area (Å²) in [5.74, 6) is 0.952. The minimum Gasteiger partial charge on any atom is -0.467 e. The Kier molecular flexibility index (Phi) is 4.02. The highest BCUT2D eigenvalue weighted by Gasteiger charge is 2.18. The molecule has 0 fully saturated rings. The maximum Gasteiger partial charge on any atom is 0.125 e. The van der Waals surface area contributed by atoms with E-state index in [0.717, 1.165) is 16.8 Å². The van der Waals surface area contributed by atoms with E-state index in [2.05, 4.69) is 53.3 Å². The largest absolute Gasteiger partial charge is 0.467 e. The first-order valence-corrected chi connectivity index (χ1v) is 6.55. The molecule has 17 heavy (non-hydrogen) atoms. The van der Waals surface area contributed by atoms with Gasteiger partial charge in [-0.25, -0.2) is 0 Å². The summed E-state index contributed by atoms with van der Waals surface area (Å²) < 4.78 is 6.65. The number of halogens is 1. The fourth-order valence-corrected chi connectivity index (χ4v) is 2.34. The maximum absolute atomic E-state index is 5.52. The third-order valence-electron chi connectivity index (χ3n) is 2.86. The fraction of sp³-hybridized carbons (Fsp3) is 0.286. The molecule has 0 bridgehead atoms. The Labute approximate surface area is 110 Å². The van der Waals surface area contributed by atoms with Crippen LogP contribution in [0.15, 0.2) is 45.5 Å². The summed E-state index contributed by atoms with van der Waals surface area (Å²) in [6.45, 7) is 5.12. The van der Waals surface area contributed by atoms with Gasteiger partial charge in [0.25, 0.3) is 0 Å². The van der Waals surface area contributed by atoms with Gasteiger partial charge in [-0.15, -0.1) is 0 Å². The van der Waals surface area contributed by atoms with E-state index in [0.29, 0.717) is 0 Å². The van der Waals surface area contributed by atoms with Gasteiger partial charge in [0.2, 0.25) is 0 Å². The molecule has 0 saturated carbocycles. The molecule has 90 valence electrons. The first kappa shape index (κ1) is 12.4. The van der Waals surface area contributed by atoms with Crippen molar-refractivity contribution in [1.82, 2.24) is 5.32 Å². The molecule has 0 aliphatic heterocycles. The molecule has 1 unspecified atom stereocenters. The van der Waals surface area contributed by atoms with E-state index >= 15 is 0 Å². The minimum absolute atomic E-state index is 0.118. The maximum atomic E-state index is 5.52. The van der Waals surface area contributed by atoms with Crippen molar-refractivity contribution in [3.8, 4) is 0 Å². The van der Waals surface area contributed by atoms with Gasteiger partial charge in [-0.2, -0.15) is 0 Å². The van der Waals surface area contributed by atoms with Gasteiger partial charge in [0, 0.05) is 4.47 Å². The topological polar surface area (TPSA) is 25.2 Å². The zero-order chi connectivity index (χ0) is 12.3. The van der Waals surface area contributed by atoms with Crippen molar-refractivity contribution >= 4 is 15.9 Å². The van der Waals surface area contributed by atoms with Crippen molar-refractivity contribution in [3.63, 3.8) is 0 Å². The van der Waals surface area contributed by atoms with Gasteiger partial charge in [-0.1, -0.05) is 35.0 Å². The molecule has 0 amide bonds. The highest BCUT2D eigenvalue weighted by Crippen LogP contribution is 2.29. The molecule has 0 saturated heterocycles. The van der Waals surface area contributed by atoms with E-state index in [4.69, 9.17) is 4.42 Å². The van der Waals surface area contributed by atoms with E-state index in [-0.39, 0.29) is 6.04 Å². The average Bonchev–Trinajstić information content (AvgIpc) is 2.84. The number of hydrogen-bond donors (Lipinski definition) is 1. The number of rotatable bonds is 4. The Balaban J connectivity index is 2.43. The van der Waals surface area contributed by atoms with Crippen LogP contribution < -0.4 is 5.32 Å². The SMILES string of the molecule is CCNC(c1ccco1)c1cccc(Br)c1C. The molecule has 0 spiro atoms. The Hall–Kier alpha value is -1.06. The van der Waals surface area contributed by atoms with Crippen LogP contribution in [0.2, 0.25) is 0 Å². The lowest BCUT2D eigenvalue weighted by atomic mass is 9.99. The first-order valence-electron chi connectivity index (χ1n) is 5.75. The smallest absolute Gasteiger partial charge is 0.125 e. The molecule has 0 radical (unpaired) electrons. The van der Waals surface area contributed by atoms with Crippen LogP contribution in [0.4, 0.5) is 0 Å². The van der Waals surface area contributed by atoms with E-state index in [1.807, 2.05) is 12.1 Å². The van der Waals surface area contributed by atoms with Crippen molar-refractivity contribution in [3.05, 3.63) is 58.0 Å². The van der Waals surface area contributed by atoms with Gasteiger partial charge in [0.05, 0.1) is 12.3 Å².